The van der Waals surface area contributed by atoms with E-state index in [2.05, 4.69) is 0 Å². The van der Waals surface area contributed by atoms with E-state index in [9.17, 15) is 13.2 Å². The molecule has 18 heavy (non-hydrogen) atoms. The first-order valence-corrected chi connectivity index (χ1v) is 6.28. The maximum absolute atomic E-state index is 13.4. The Labute approximate surface area is 105 Å². The molecule has 1 aliphatic rings. The SMILES string of the molecule is Cc1cc(C(N)C2CCCC(F)(F)C2)ccc1F. The van der Waals surface area contributed by atoms with Crippen molar-refractivity contribution in [3.8, 4) is 0 Å². The van der Waals surface area contributed by atoms with E-state index in [0.717, 1.165) is 5.56 Å². The van der Waals surface area contributed by atoms with Gasteiger partial charge in [0.2, 0.25) is 5.92 Å². The normalized spacial score (nSPS) is 24.8. The molecule has 0 amide bonds. The Morgan fingerprint density at radius 3 is 2.72 bits per heavy atom. The van der Waals surface area contributed by atoms with E-state index in [1.165, 1.54) is 6.07 Å². The number of benzene rings is 1. The Bertz CT molecular complexity index is 431. The van der Waals surface area contributed by atoms with E-state index in [1.807, 2.05) is 0 Å². The molecule has 0 aliphatic heterocycles. The van der Waals surface area contributed by atoms with Crippen LogP contribution in [0.5, 0.6) is 0 Å². The number of alkyl halides is 2. The highest BCUT2D eigenvalue weighted by atomic mass is 19.3. The second kappa shape index (κ2) is 4.92. The minimum atomic E-state index is -2.60. The lowest BCUT2D eigenvalue weighted by molar-refractivity contribution is -0.0563. The van der Waals surface area contributed by atoms with Crippen LogP contribution in [0.2, 0.25) is 0 Å². The Morgan fingerprint density at radius 1 is 1.39 bits per heavy atom. The molecule has 1 saturated carbocycles. The summed E-state index contributed by atoms with van der Waals surface area (Å²) in [6, 6.07) is 4.17. The summed E-state index contributed by atoms with van der Waals surface area (Å²) in [5.41, 5.74) is 7.31. The number of hydrogen-bond donors (Lipinski definition) is 1. The first-order valence-electron chi connectivity index (χ1n) is 6.28. The van der Waals surface area contributed by atoms with Crippen molar-refractivity contribution in [1.29, 1.82) is 0 Å². The molecule has 1 fully saturated rings. The largest absolute Gasteiger partial charge is 0.324 e. The van der Waals surface area contributed by atoms with Gasteiger partial charge in [0, 0.05) is 18.9 Å². The molecule has 0 spiro atoms. The predicted octanol–water partition coefficient (Wildman–Crippen LogP) is 3.96. The lowest BCUT2D eigenvalue weighted by Gasteiger charge is -2.32. The van der Waals surface area contributed by atoms with Gasteiger partial charge in [0.05, 0.1) is 0 Å². The lowest BCUT2D eigenvalue weighted by atomic mass is 9.79. The molecular weight excluding hydrogens is 239 g/mol. The summed E-state index contributed by atoms with van der Waals surface area (Å²) in [5.74, 6) is -3.12. The topological polar surface area (TPSA) is 26.0 Å². The van der Waals surface area contributed by atoms with Crippen LogP contribution >= 0.6 is 0 Å². The van der Waals surface area contributed by atoms with Gasteiger partial charge in [-0.2, -0.15) is 0 Å². The summed E-state index contributed by atoms with van der Waals surface area (Å²) in [7, 11) is 0. The van der Waals surface area contributed by atoms with E-state index >= 15 is 0 Å². The number of aryl methyl sites for hydroxylation is 1. The standard InChI is InChI=1S/C14H18F3N/c1-9-7-10(4-5-12(9)15)13(18)11-3-2-6-14(16,17)8-11/h4-5,7,11,13H,2-3,6,8,18H2,1H3. The molecule has 1 aromatic rings. The predicted molar refractivity (Wildman–Crippen MR) is 65.0 cm³/mol. The molecule has 0 bridgehead atoms. The van der Waals surface area contributed by atoms with Gasteiger partial charge in [0.15, 0.2) is 0 Å². The highest BCUT2D eigenvalue weighted by Gasteiger charge is 2.38. The molecule has 1 nitrogen and oxygen atoms in total. The maximum Gasteiger partial charge on any atom is 0.248 e. The van der Waals surface area contributed by atoms with Crippen molar-refractivity contribution in [1.82, 2.24) is 0 Å². The van der Waals surface area contributed by atoms with E-state index in [4.69, 9.17) is 5.73 Å². The van der Waals surface area contributed by atoms with Crippen LogP contribution in [0.3, 0.4) is 0 Å². The zero-order valence-corrected chi connectivity index (χ0v) is 10.4. The van der Waals surface area contributed by atoms with E-state index in [0.29, 0.717) is 18.4 Å². The molecular formula is C14H18F3N. The molecule has 0 saturated heterocycles. The van der Waals surface area contributed by atoms with E-state index < -0.39 is 12.0 Å². The van der Waals surface area contributed by atoms with Crippen molar-refractivity contribution in [3.63, 3.8) is 0 Å². The van der Waals surface area contributed by atoms with Gasteiger partial charge in [-0.1, -0.05) is 12.1 Å². The fourth-order valence-corrected chi connectivity index (χ4v) is 2.66. The molecule has 100 valence electrons. The van der Waals surface area contributed by atoms with Crippen LogP contribution in [0, 0.1) is 18.7 Å². The molecule has 2 unspecified atom stereocenters. The molecule has 2 atom stereocenters. The third-order valence-corrected chi connectivity index (χ3v) is 3.75. The molecule has 0 aromatic heterocycles. The first kappa shape index (κ1) is 13.4. The van der Waals surface area contributed by atoms with Gasteiger partial charge in [-0.15, -0.1) is 0 Å². The van der Waals surface area contributed by atoms with Gasteiger partial charge < -0.3 is 5.73 Å². The minimum Gasteiger partial charge on any atom is -0.324 e. The minimum absolute atomic E-state index is 0.0430. The molecule has 1 aliphatic carbocycles. The van der Waals surface area contributed by atoms with Crippen molar-refractivity contribution in [2.24, 2.45) is 11.7 Å². The van der Waals surface area contributed by atoms with Crippen LogP contribution in [0.25, 0.3) is 0 Å². The van der Waals surface area contributed by atoms with Crippen molar-refractivity contribution in [3.05, 3.63) is 35.1 Å². The van der Waals surface area contributed by atoms with Crippen molar-refractivity contribution < 1.29 is 13.2 Å². The average molecular weight is 257 g/mol. The van der Waals surface area contributed by atoms with Crippen LogP contribution in [-0.4, -0.2) is 5.92 Å². The zero-order chi connectivity index (χ0) is 13.3. The maximum atomic E-state index is 13.4. The number of halogens is 3. The summed E-state index contributed by atoms with van der Waals surface area (Å²) in [5, 5.41) is 0. The summed E-state index contributed by atoms with van der Waals surface area (Å²) in [6.07, 6.45) is 1.02. The average Bonchev–Trinajstić information content (AvgIpc) is 2.30. The van der Waals surface area contributed by atoms with Crippen molar-refractivity contribution in [2.75, 3.05) is 0 Å². The van der Waals surface area contributed by atoms with E-state index in [-0.39, 0.29) is 24.6 Å². The highest BCUT2D eigenvalue weighted by molar-refractivity contribution is 5.26. The van der Waals surface area contributed by atoms with Crippen LogP contribution in [0.15, 0.2) is 18.2 Å². The van der Waals surface area contributed by atoms with Crippen LogP contribution in [-0.2, 0) is 0 Å². The third kappa shape index (κ3) is 2.86. The second-order valence-electron chi connectivity index (χ2n) is 5.25. The van der Waals surface area contributed by atoms with Gasteiger partial charge in [-0.3, -0.25) is 0 Å². The van der Waals surface area contributed by atoms with Crippen molar-refractivity contribution >= 4 is 0 Å². The second-order valence-corrected chi connectivity index (χ2v) is 5.25. The Kier molecular flexibility index (Phi) is 3.66. The van der Waals surface area contributed by atoms with Gasteiger partial charge >= 0.3 is 0 Å². The molecule has 1 aromatic carbocycles. The summed E-state index contributed by atoms with van der Waals surface area (Å²) in [4.78, 5) is 0. The number of rotatable bonds is 2. The van der Waals surface area contributed by atoms with Crippen LogP contribution < -0.4 is 5.73 Å². The Balaban J connectivity index is 2.15. The van der Waals surface area contributed by atoms with Crippen LogP contribution in [0.1, 0.15) is 42.9 Å². The fraction of sp³-hybridized carbons (Fsp3) is 0.571. The fourth-order valence-electron chi connectivity index (χ4n) is 2.66. The smallest absolute Gasteiger partial charge is 0.248 e. The Morgan fingerprint density at radius 2 is 2.11 bits per heavy atom. The third-order valence-electron chi connectivity index (χ3n) is 3.75. The van der Waals surface area contributed by atoms with E-state index in [1.54, 1.807) is 19.1 Å². The highest BCUT2D eigenvalue weighted by Crippen LogP contribution is 2.41. The monoisotopic (exact) mass is 257 g/mol. The summed E-state index contributed by atoms with van der Waals surface area (Å²) < 4.78 is 39.9. The summed E-state index contributed by atoms with van der Waals surface area (Å²) in [6.45, 7) is 1.65. The number of nitrogens with two attached hydrogens (primary N) is 1. The molecule has 0 heterocycles. The summed E-state index contributed by atoms with van der Waals surface area (Å²) >= 11 is 0. The molecule has 2 rings (SSSR count). The van der Waals surface area contributed by atoms with Crippen LogP contribution in [0.4, 0.5) is 13.2 Å². The van der Waals surface area contributed by atoms with Gasteiger partial charge in [-0.05, 0) is 42.9 Å². The zero-order valence-electron chi connectivity index (χ0n) is 10.4. The quantitative estimate of drug-likeness (QED) is 0.852. The van der Waals surface area contributed by atoms with Gasteiger partial charge in [-0.25, -0.2) is 13.2 Å². The molecule has 0 radical (unpaired) electrons. The molecule has 2 N–H and O–H groups in total. The number of hydrogen-bond acceptors (Lipinski definition) is 1. The van der Waals surface area contributed by atoms with Gasteiger partial charge in [0.1, 0.15) is 5.82 Å². The van der Waals surface area contributed by atoms with Crippen molar-refractivity contribution in [2.45, 2.75) is 44.6 Å². The van der Waals surface area contributed by atoms with Gasteiger partial charge in [0.25, 0.3) is 0 Å². The molecule has 4 heteroatoms. The Hall–Kier alpha value is -1.03. The lowest BCUT2D eigenvalue weighted by Crippen LogP contribution is -2.32. The first-order chi connectivity index (χ1) is 8.39.